The number of rotatable bonds is 3. The molecule has 0 unspecified atom stereocenters. The summed E-state index contributed by atoms with van der Waals surface area (Å²) in [5.74, 6) is 4.52. The molecule has 5 rings (SSSR count). The summed E-state index contributed by atoms with van der Waals surface area (Å²) in [5, 5.41) is 15.1. The molecule has 0 aliphatic heterocycles. The fourth-order valence-corrected chi connectivity index (χ4v) is 8.70. The Kier molecular flexibility index (Phi) is 4.96. The van der Waals surface area contributed by atoms with E-state index in [1.54, 1.807) is 0 Å². The van der Waals surface area contributed by atoms with E-state index >= 15 is 0 Å². The van der Waals surface area contributed by atoms with Crippen LogP contribution < -0.4 is 0 Å². The standard InChI is InChI=1S/C26H40N2O2/c1-16-13-17(2)28(27-16)15-24(29)23-8-7-22-21-6-5-18-14-25(3,30)11-9-19(18)20(21)10-12-26(22,23)4/h13,18-23,30H,5-12,14-15H2,1-4H3/t18-,19-,20+,21+,22-,23+,25+,26-/m0/s1. The van der Waals surface area contributed by atoms with E-state index in [9.17, 15) is 9.90 Å². The zero-order chi connectivity index (χ0) is 21.3. The molecule has 4 saturated carbocycles. The van der Waals surface area contributed by atoms with E-state index in [2.05, 4.69) is 25.0 Å². The van der Waals surface area contributed by atoms with Crippen LogP contribution >= 0.6 is 0 Å². The fourth-order valence-electron chi connectivity index (χ4n) is 8.70. The van der Waals surface area contributed by atoms with Gasteiger partial charge < -0.3 is 5.11 Å². The van der Waals surface area contributed by atoms with E-state index in [4.69, 9.17) is 0 Å². The Morgan fingerprint density at radius 2 is 1.83 bits per heavy atom. The lowest BCUT2D eigenvalue weighted by Gasteiger charge is -2.56. The summed E-state index contributed by atoms with van der Waals surface area (Å²) in [5.41, 5.74) is 1.84. The van der Waals surface area contributed by atoms with Crippen molar-refractivity contribution in [3.63, 3.8) is 0 Å². The fraction of sp³-hybridized carbons (Fsp3) is 0.846. The van der Waals surface area contributed by atoms with Crippen LogP contribution in [0.25, 0.3) is 0 Å². The summed E-state index contributed by atoms with van der Waals surface area (Å²) in [6, 6.07) is 2.07. The van der Waals surface area contributed by atoms with Gasteiger partial charge in [-0.1, -0.05) is 6.92 Å². The molecule has 4 aliphatic carbocycles. The average molecular weight is 413 g/mol. The quantitative estimate of drug-likeness (QED) is 0.752. The molecule has 4 nitrogen and oxygen atoms in total. The Morgan fingerprint density at radius 3 is 2.57 bits per heavy atom. The second-order valence-corrected chi connectivity index (χ2v) is 11.9. The molecule has 4 heteroatoms. The van der Waals surface area contributed by atoms with Gasteiger partial charge in [0.05, 0.1) is 11.3 Å². The number of hydrogen-bond acceptors (Lipinski definition) is 3. The lowest BCUT2D eigenvalue weighted by molar-refractivity contribution is -0.133. The lowest BCUT2D eigenvalue weighted by Crippen LogP contribution is -2.51. The maximum absolute atomic E-state index is 13.4. The van der Waals surface area contributed by atoms with Crippen LogP contribution in [0.5, 0.6) is 0 Å². The molecule has 4 fully saturated rings. The Balaban J connectivity index is 1.32. The van der Waals surface area contributed by atoms with E-state index in [1.165, 1.54) is 38.5 Å². The van der Waals surface area contributed by atoms with Crippen molar-refractivity contribution in [1.82, 2.24) is 9.78 Å². The molecule has 1 aromatic rings. The molecular weight excluding hydrogens is 372 g/mol. The van der Waals surface area contributed by atoms with Crippen molar-refractivity contribution < 1.29 is 9.90 Å². The summed E-state index contributed by atoms with van der Waals surface area (Å²) in [6.45, 7) is 8.99. The molecule has 0 spiro atoms. The second kappa shape index (κ2) is 7.18. The van der Waals surface area contributed by atoms with Crippen LogP contribution in [0, 0.1) is 54.8 Å². The first-order valence-electron chi connectivity index (χ1n) is 12.4. The molecular formula is C26H40N2O2. The van der Waals surface area contributed by atoms with Crippen LogP contribution in [0.1, 0.15) is 83.0 Å². The van der Waals surface area contributed by atoms with Crippen LogP contribution in [0.15, 0.2) is 6.07 Å². The Labute approximate surface area is 181 Å². The number of Topliss-reactive ketones (excluding diaryl/α,β-unsaturated/α-hetero) is 1. The maximum atomic E-state index is 13.4. The van der Waals surface area contributed by atoms with E-state index < -0.39 is 5.60 Å². The highest BCUT2D eigenvalue weighted by molar-refractivity contribution is 5.82. The van der Waals surface area contributed by atoms with E-state index in [-0.39, 0.29) is 11.3 Å². The number of aliphatic hydroxyl groups is 1. The zero-order valence-electron chi connectivity index (χ0n) is 19.4. The van der Waals surface area contributed by atoms with Crippen LogP contribution in [-0.4, -0.2) is 26.3 Å². The first-order valence-corrected chi connectivity index (χ1v) is 12.4. The smallest absolute Gasteiger partial charge is 0.157 e. The normalized spacial score (nSPS) is 45.5. The van der Waals surface area contributed by atoms with Crippen LogP contribution in [0.3, 0.4) is 0 Å². The number of aromatic nitrogens is 2. The van der Waals surface area contributed by atoms with Crippen LogP contribution in [-0.2, 0) is 11.3 Å². The SMILES string of the molecule is Cc1cc(C)n(CC(=O)[C@H]2CC[C@H]3[C@@H]4CC[C@H]5C[C@](C)(O)CC[C@@H]5[C@H]4CC[C@]23C)n1. The minimum absolute atomic E-state index is 0.182. The monoisotopic (exact) mass is 412 g/mol. The summed E-state index contributed by atoms with van der Waals surface area (Å²) < 4.78 is 1.92. The third kappa shape index (κ3) is 3.29. The number of carbonyl (C=O) groups is 1. The molecule has 0 radical (unpaired) electrons. The first kappa shape index (κ1) is 20.7. The number of fused-ring (bicyclic) bond motifs is 5. The largest absolute Gasteiger partial charge is 0.390 e. The van der Waals surface area contributed by atoms with Gasteiger partial charge in [0.1, 0.15) is 6.54 Å². The molecule has 8 atom stereocenters. The molecule has 166 valence electrons. The number of aryl methyl sites for hydroxylation is 2. The molecule has 1 N–H and O–H groups in total. The van der Waals surface area contributed by atoms with Crippen molar-refractivity contribution in [3.05, 3.63) is 17.5 Å². The summed E-state index contributed by atoms with van der Waals surface area (Å²) >= 11 is 0. The van der Waals surface area contributed by atoms with Gasteiger partial charge in [0.2, 0.25) is 0 Å². The Hall–Kier alpha value is -1.16. The van der Waals surface area contributed by atoms with E-state index in [0.717, 1.165) is 54.3 Å². The highest BCUT2D eigenvalue weighted by Crippen LogP contribution is 2.64. The molecule has 4 aliphatic rings. The van der Waals surface area contributed by atoms with E-state index in [0.29, 0.717) is 18.2 Å². The number of hydrogen-bond donors (Lipinski definition) is 1. The predicted octanol–water partition coefficient (Wildman–Crippen LogP) is 5.09. The average Bonchev–Trinajstić information content (AvgIpc) is 3.18. The van der Waals surface area contributed by atoms with Gasteiger partial charge in [0.25, 0.3) is 0 Å². The van der Waals surface area contributed by atoms with Crippen molar-refractivity contribution in [2.75, 3.05) is 0 Å². The van der Waals surface area contributed by atoms with Crippen molar-refractivity contribution in [2.24, 2.45) is 40.9 Å². The minimum atomic E-state index is -0.439. The molecule has 0 saturated heterocycles. The van der Waals surface area contributed by atoms with Gasteiger partial charge in [-0.15, -0.1) is 0 Å². The van der Waals surface area contributed by atoms with Crippen molar-refractivity contribution in [3.8, 4) is 0 Å². The highest BCUT2D eigenvalue weighted by Gasteiger charge is 2.58. The first-order chi connectivity index (χ1) is 14.2. The van der Waals surface area contributed by atoms with E-state index in [1.807, 2.05) is 18.5 Å². The lowest BCUT2D eigenvalue weighted by atomic mass is 9.49. The zero-order valence-corrected chi connectivity index (χ0v) is 19.4. The van der Waals surface area contributed by atoms with Gasteiger partial charge in [-0.05, 0) is 120 Å². The van der Waals surface area contributed by atoms with Crippen molar-refractivity contribution in [1.29, 1.82) is 0 Å². The van der Waals surface area contributed by atoms with Gasteiger partial charge >= 0.3 is 0 Å². The van der Waals surface area contributed by atoms with Crippen LogP contribution in [0.2, 0.25) is 0 Å². The topological polar surface area (TPSA) is 55.1 Å². The summed E-state index contributed by atoms with van der Waals surface area (Å²) in [6.07, 6.45) is 10.6. The van der Waals surface area contributed by atoms with Gasteiger partial charge in [0.15, 0.2) is 5.78 Å². The van der Waals surface area contributed by atoms with Gasteiger partial charge in [-0.3, -0.25) is 9.48 Å². The number of ketones is 1. The molecule has 0 bridgehead atoms. The molecule has 30 heavy (non-hydrogen) atoms. The predicted molar refractivity (Wildman–Crippen MR) is 118 cm³/mol. The molecule has 1 aromatic heterocycles. The van der Waals surface area contributed by atoms with Gasteiger partial charge in [-0.2, -0.15) is 5.10 Å². The Bertz CT molecular complexity index is 827. The minimum Gasteiger partial charge on any atom is -0.390 e. The molecule has 0 amide bonds. The van der Waals surface area contributed by atoms with Gasteiger partial charge in [-0.25, -0.2) is 0 Å². The van der Waals surface area contributed by atoms with Gasteiger partial charge in [0, 0.05) is 11.6 Å². The van der Waals surface area contributed by atoms with Crippen molar-refractivity contribution in [2.45, 2.75) is 97.6 Å². The maximum Gasteiger partial charge on any atom is 0.157 e. The summed E-state index contributed by atoms with van der Waals surface area (Å²) in [7, 11) is 0. The third-order valence-corrected chi connectivity index (χ3v) is 10.0. The molecule has 1 heterocycles. The third-order valence-electron chi connectivity index (χ3n) is 10.0. The highest BCUT2D eigenvalue weighted by atomic mass is 16.3. The molecule has 0 aromatic carbocycles. The van der Waals surface area contributed by atoms with Crippen LogP contribution in [0.4, 0.5) is 0 Å². The second-order valence-electron chi connectivity index (χ2n) is 11.9. The number of nitrogens with zero attached hydrogens (tertiary/aromatic N) is 2. The Morgan fingerprint density at radius 1 is 1.07 bits per heavy atom. The summed E-state index contributed by atoms with van der Waals surface area (Å²) in [4.78, 5) is 13.4. The van der Waals surface area contributed by atoms with Crippen molar-refractivity contribution >= 4 is 5.78 Å². The number of carbonyl (C=O) groups excluding carboxylic acids is 1.